The van der Waals surface area contributed by atoms with Crippen LogP contribution in [-0.4, -0.2) is 41.1 Å². The van der Waals surface area contributed by atoms with Crippen LogP contribution in [0.5, 0.6) is 0 Å². The van der Waals surface area contributed by atoms with Crippen LogP contribution in [0.2, 0.25) is 5.02 Å². The molecule has 0 atom stereocenters. The van der Waals surface area contributed by atoms with Gasteiger partial charge in [-0.05, 0) is 30.3 Å². The second kappa shape index (κ2) is 6.01. The highest BCUT2D eigenvalue weighted by molar-refractivity contribution is 6.31. The van der Waals surface area contributed by atoms with Gasteiger partial charge < -0.3 is 9.80 Å². The van der Waals surface area contributed by atoms with Gasteiger partial charge in [-0.15, -0.1) is 0 Å². The molecule has 0 N–H and O–H groups in total. The summed E-state index contributed by atoms with van der Waals surface area (Å²) in [6, 6.07) is 9.94. The number of fused-ring (bicyclic) bond motifs is 1. The van der Waals surface area contributed by atoms with Crippen molar-refractivity contribution < 1.29 is 0 Å². The molecule has 0 amide bonds. The van der Waals surface area contributed by atoms with Gasteiger partial charge in [-0.1, -0.05) is 11.6 Å². The fourth-order valence-electron chi connectivity index (χ4n) is 2.88. The Hall–Kier alpha value is -2.40. The van der Waals surface area contributed by atoms with Crippen LogP contribution in [0.3, 0.4) is 0 Å². The van der Waals surface area contributed by atoms with E-state index in [1.165, 1.54) is 0 Å². The molecule has 1 fully saturated rings. The number of hydrogen-bond donors (Lipinski definition) is 0. The third-order valence-electron chi connectivity index (χ3n) is 4.11. The van der Waals surface area contributed by atoms with E-state index in [4.69, 9.17) is 16.6 Å². The number of anilines is 2. The van der Waals surface area contributed by atoms with Crippen molar-refractivity contribution in [1.29, 1.82) is 0 Å². The van der Waals surface area contributed by atoms with E-state index in [9.17, 15) is 0 Å². The van der Waals surface area contributed by atoms with E-state index in [1.54, 1.807) is 12.4 Å². The van der Waals surface area contributed by atoms with Crippen molar-refractivity contribution in [3.05, 3.63) is 53.9 Å². The Morgan fingerprint density at radius 2 is 1.65 bits per heavy atom. The molecule has 2 aromatic heterocycles. The number of benzene rings is 1. The van der Waals surface area contributed by atoms with Crippen molar-refractivity contribution in [2.24, 2.45) is 0 Å². The lowest BCUT2D eigenvalue weighted by Crippen LogP contribution is -2.47. The maximum absolute atomic E-state index is 6.03. The molecule has 116 valence electrons. The molecule has 6 heteroatoms. The zero-order valence-electron chi connectivity index (χ0n) is 12.6. The van der Waals surface area contributed by atoms with E-state index < -0.39 is 0 Å². The molecule has 0 bridgehead atoms. The summed E-state index contributed by atoms with van der Waals surface area (Å²) in [6.07, 6.45) is 5.25. The van der Waals surface area contributed by atoms with E-state index in [0.717, 1.165) is 53.7 Å². The topological polar surface area (TPSA) is 45.2 Å². The van der Waals surface area contributed by atoms with Crippen molar-refractivity contribution in [1.82, 2.24) is 15.0 Å². The number of nitrogens with zero attached hydrogens (tertiary/aromatic N) is 5. The van der Waals surface area contributed by atoms with Crippen molar-refractivity contribution in [2.75, 3.05) is 36.0 Å². The maximum Gasteiger partial charge on any atom is 0.147 e. The van der Waals surface area contributed by atoms with E-state index >= 15 is 0 Å². The summed E-state index contributed by atoms with van der Waals surface area (Å²) in [5, 5.41) is 1.81. The predicted molar refractivity (Wildman–Crippen MR) is 93.2 cm³/mol. The average Bonchev–Trinajstić information content (AvgIpc) is 2.62. The fourth-order valence-corrected chi connectivity index (χ4v) is 3.06. The Kier molecular flexibility index (Phi) is 3.71. The molecular weight excluding hydrogens is 310 g/mol. The van der Waals surface area contributed by atoms with Gasteiger partial charge in [0.15, 0.2) is 0 Å². The van der Waals surface area contributed by atoms with Gasteiger partial charge >= 0.3 is 0 Å². The molecule has 1 aliphatic rings. The second-order valence-corrected chi connectivity index (χ2v) is 5.98. The normalized spacial score (nSPS) is 15.2. The first kappa shape index (κ1) is 14.2. The Labute approximate surface area is 139 Å². The third-order valence-corrected chi connectivity index (χ3v) is 4.35. The summed E-state index contributed by atoms with van der Waals surface area (Å²) >= 11 is 6.03. The van der Waals surface area contributed by atoms with Gasteiger partial charge in [0.2, 0.25) is 0 Å². The Bertz CT molecular complexity index is 816. The van der Waals surface area contributed by atoms with Crippen molar-refractivity contribution in [2.45, 2.75) is 0 Å². The van der Waals surface area contributed by atoms with Gasteiger partial charge in [-0.3, -0.25) is 4.98 Å². The Morgan fingerprint density at radius 3 is 2.39 bits per heavy atom. The van der Waals surface area contributed by atoms with Crippen LogP contribution < -0.4 is 9.80 Å². The highest BCUT2D eigenvalue weighted by Gasteiger charge is 2.19. The number of rotatable bonds is 2. The molecule has 0 saturated carbocycles. The Morgan fingerprint density at radius 1 is 0.870 bits per heavy atom. The smallest absolute Gasteiger partial charge is 0.147 e. The minimum atomic E-state index is 0.740. The van der Waals surface area contributed by atoms with Crippen molar-refractivity contribution >= 4 is 34.1 Å². The fraction of sp³-hybridized carbons (Fsp3) is 0.235. The molecule has 0 aliphatic carbocycles. The number of pyridine rings is 1. The molecule has 3 heterocycles. The number of piperazine rings is 1. The lowest BCUT2D eigenvalue weighted by Gasteiger charge is -2.35. The number of hydrogen-bond acceptors (Lipinski definition) is 5. The highest BCUT2D eigenvalue weighted by Crippen LogP contribution is 2.22. The number of aromatic nitrogens is 3. The lowest BCUT2D eigenvalue weighted by molar-refractivity contribution is 0.641. The quantitative estimate of drug-likeness (QED) is 0.724. The zero-order valence-corrected chi connectivity index (χ0v) is 13.3. The highest BCUT2D eigenvalue weighted by atomic mass is 35.5. The SMILES string of the molecule is Clc1ccc2nc(N3CCN(c4cnccn4)CC3)ccc2c1. The van der Waals surface area contributed by atoms with E-state index in [-0.39, 0.29) is 0 Å². The minimum absolute atomic E-state index is 0.740. The van der Waals surface area contributed by atoms with Gasteiger partial charge in [-0.25, -0.2) is 9.97 Å². The van der Waals surface area contributed by atoms with Crippen LogP contribution in [0, 0.1) is 0 Å². The van der Waals surface area contributed by atoms with Gasteiger partial charge in [0, 0.05) is 49.0 Å². The van der Waals surface area contributed by atoms with Crippen LogP contribution in [0.1, 0.15) is 0 Å². The van der Waals surface area contributed by atoms with Crippen molar-refractivity contribution in [3.63, 3.8) is 0 Å². The molecule has 23 heavy (non-hydrogen) atoms. The molecule has 5 nitrogen and oxygen atoms in total. The molecule has 1 aromatic carbocycles. The molecular formula is C17H16ClN5. The summed E-state index contributed by atoms with van der Waals surface area (Å²) < 4.78 is 0. The maximum atomic E-state index is 6.03. The van der Waals surface area contributed by atoms with Crippen LogP contribution in [-0.2, 0) is 0 Å². The lowest BCUT2D eigenvalue weighted by atomic mass is 10.2. The standard InChI is InChI=1S/C17H16ClN5/c18-14-2-3-15-13(11-14)1-4-16(21-15)22-7-9-23(10-8-22)17-12-19-5-6-20-17/h1-6,11-12H,7-10H2. The van der Waals surface area contributed by atoms with Gasteiger partial charge in [0.1, 0.15) is 11.6 Å². The molecule has 3 aromatic rings. The summed E-state index contributed by atoms with van der Waals surface area (Å²) in [7, 11) is 0. The van der Waals surface area contributed by atoms with Crippen LogP contribution in [0.25, 0.3) is 10.9 Å². The van der Waals surface area contributed by atoms with Gasteiger partial charge in [0.25, 0.3) is 0 Å². The summed E-state index contributed by atoms with van der Waals surface area (Å²) in [5.74, 6) is 1.95. The zero-order chi connectivity index (χ0) is 15.6. The predicted octanol–water partition coefficient (Wildman–Crippen LogP) is 3.00. The van der Waals surface area contributed by atoms with Crippen LogP contribution in [0.15, 0.2) is 48.9 Å². The first-order valence-corrected chi connectivity index (χ1v) is 8.00. The second-order valence-electron chi connectivity index (χ2n) is 5.54. The Balaban J connectivity index is 1.51. The average molecular weight is 326 g/mol. The number of halogens is 1. The third kappa shape index (κ3) is 2.92. The summed E-state index contributed by atoms with van der Waals surface area (Å²) in [4.78, 5) is 17.8. The molecule has 0 unspecified atom stereocenters. The monoisotopic (exact) mass is 325 g/mol. The molecule has 1 aliphatic heterocycles. The van der Waals surface area contributed by atoms with Gasteiger partial charge in [0.05, 0.1) is 11.7 Å². The largest absolute Gasteiger partial charge is 0.353 e. The minimum Gasteiger partial charge on any atom is -0.353 e. The van der Waals surface area contributed by atoms with E-state index in [0.29, 0.717) is 0 Å². The first-order chi connectivity index (χ1) is 11.3. The summed E-state index contributed by atoms with van der Waals surface area (Å²) in [5.41, 5.74) is 0.975. The molecule has 1 saturated heterocycles. The molecule has 0 radical (unpaired) electrons. The molecule has 0 spiro atoms. The van der Waals surface area contributed by atoms with Crippen molar-refractivity contribution in [3.8, 4) is 0 Å². The van der Waals surface area contributed by atoms with E-state index in [1.807, 2.05) is 24.4 Å². The van der Waals surface area contributed by atoms with E-state index in [2.05, 4.69) is 31.9 Å². The van der Waals surface area contributed by atoms with Crippen LogP contribution in [0.4, 0.5) is 11.6 Å². The summed E-state index contributed by atoms with van der Waals surface area (Å²) in [6.45, 7) is 3.67. The van der Waals surface area contributed by atoms with Gasteiger partial charge in [-0.2, -0.15) is 0 Å². The molecule has 4 rings (SSSR count). The van der Waals surface area contributed by atoms with Crippen LogP contribution >= 0.6 is 11.6 Å². The first-order valence-electron chi connectivity index (χ1n) is 7.62.